The van der Waals surface area contributed by atoms with Crippen molar-refractivity contribution >= 4 is 23.4 Å². The Morgan fingerprint density at radius 2 is 1.96 bits per heavy atom. The van der Waals surface area contributed by atoms with Crippen LogP contribution in [0.3, 0.4) is 0 Å². The normalized spacial score (nSPS) is 19.2. The van der Waals surface area contributed by atoms with Gasteiger partial charge < -0.3 is 16.0 Å². The number of primary amides is 1. The van der Waals surface area contributed by atoms with Gasteiger partial charge in [0.25, 0.3) is 5.91 Å². The lowest BCUT2D eigenvalue weighted by molar-refractivity contribution is -0.119. The number of hydrogen-bond donors (Lipinski definition) is 2. The number of likely N-dealkylation sites (tertiary alicyclic amines) is 1. The Balaban J connectivity index is 1.57. The van der Waals surface area contributed by atoms with Gasteiger partial charge in [-0.1, -0.05) is 6.07 Å². The second kappa shape index (κ2) is 7.65. The van der Waals surface area contributed by atoms with Gasteiger partial charge in [-0.3, -0.25) is 19.3 Å². The monoisotopic (exact) mass is 344 g/mol. The Kier molecular flexibility index (Phi) is 5.33. The molecule has 2 aliphatic rings. The van der Waals surface area contributed by atoms with Crippen LogP contribution >= 0.6 is 0 Å². The molecular weight excluding hydrogens is 320 g/mol. The van der Waals surface area contributed by atoms with E-state index in [0.29, 0.717) is 18.5 Å². The van der Waals surface area contributed by atoms with Gasteiger partial charge in [-0.2, -0.15) is 0 Å². The topological polar surface area (TPSA) is 95.7 Å². The molecule has 0 bridgehead atoms. The molecule has 1 aromatic carbocycles. The van der Waals surface area contributed by atoms with Crippen LogP contribution < -0.4 is 16.0 Å². The highest BCUT2D eigenvalue weighted by Crippen LogP contribution is 2.22. The minimum absolute atomic E-state index is 0.0914. The van der Waals surface area contributed by atoms with Crippen molar-refractivity contribution in [2.45, 2.75) is 31.7 Å². The van der Waals surface area contributed by atoms with Crippen molar-refractivity contribution in [1.29, 1.82) is 0 Å². The summed E-state index contributed by atoms with van der Waals surface area (Å²) in [6.45, 7) is 2.47. The zero-order valence-electron chi connectivity index (χ0n) is 14.2. The number of piperidine rings is 1. The molecule has 0 radical (unpaired) electrons. The van der Waals surface area contributed by atoms with Crippen LogP contribution in [0.5, 0.6) is 0 Å². The minimum Gasteiger partial charge on any atom is -0.369 e. The molecule has 3 rings (SSSR count). The minimum atomic E-state index is -0.323. The first-order chi connectivity index (χ1) is 12.0. The van der Waals surface area contributed by atoms with Gasteiger partial charge in [0.2, 0.25) is 11.8 Å². The van der Waals surface area contributed by atoms with Crippen LogP contribution in [-0.2, 0) is 9.59 Å². The van der Waals surface area contributed by atoms with E-state index in [-0.39, 0.29) is 30.3 Å². The summed E-state index contributed by atoms with van der Waals surface area (Å²) in [5.41, 5.74) is 6.56. The van der Waals surface area contributed by atoms with Gasteiger partial charge >= 0.3 is 0 Å². The van der Waals surface area contributed by atoms with Crippen molar-refractivity contribution in [3.05, 3.63) is 29.8 Å². The zero-order chi connectivity index (χ0) is 17.8. The van der Waals surface area contributed by atoms with Crippen LogP contribution in [0.1, 0.15) is 36.0 Å². The van der Waals surface area contributed by atoms with Gasteiger partial charge in [0.15, 0.2) is 0 Å². The number of carbonyl (C=O) groups is 3. The van der Waals surface area contributed by atoms with E-state index in [1.54, 1.807) is 17.0 Å². The average Bonchev–Trinajstić information content (AvgIpc) is 3.02. The predicted molar refractivity (Wildman–Crippen MR) is 94.2 cm³/mol. The van der Waals surface area contributed by atoms with Gasteiger partial charge in [0, 0.05) is 43.3 Å². The van der Waals surface area contributed by atoms with Gasteiger partial charge in [0.1, 0.15) is 0 Å². The molecule has 2 saturated heterocycles. The summed E-state index contributed by atoms with van der Waals surface area (Å²) in [5.74, 6) is -0.336. The summed E-state index contributed by atoms with van der Waals surface area (Å²) in [4.78, 5) is 39.1. The molecular formula is C18H24N4O3. The Hall–Kier alpha value is -2.41. The number of anilines is 1. The second-order valence-electron chi connectivity index (χ2n) is 6.69. The van der Waals surface area contributed by atoms with Crippen molar-refractivity contribution in [3.63, 3.8) is 0 Å². The van der Waals surface area contributed by atoms with Crippen LogP contribution in [0, 0.1) is 0 Å². The molecule has 3 N–H and O–H groups in total. The summed E-state index contributed by atoms with van der Waals surface area (Å²) in [5, 5.41) is 3.05. The van der Waals surface area contributed by atoms with E-state index in [2.05, 4.69) is 5.32 Å². The lowest BCUT2D eigenvalue weighted by atomic mass is 10.0. The molecule has 0 aliphatic carbocycles. The lowest BCUT2D eigenvalue weighted by Crippen LogP contribution is -2.46. The molecule has 0 unspecified atom stereocenters. The third-order valence-corrected chi connectivity index (χ3v) is 4.80. The SMILES string of the molecule is NC(=O)CN1CCC(NC(=O)c2cccc(N3CCCC3=O)c2)CC1. The maximum absolute atomic E-state index is 12.5. The molecule has 2 aliphatic heterocycles. The summed E-state index contributed by atoms with van der Waals surface area (Å²) in [7, 11) is 0. The van der Waals surface area contributed by atoms with Crippen LogP contribution in [0.4, 0.5) is 5.69 Å². The van der Waals surface area contributed by atoms with Gasteiger partial charge in [-0.15, -0.1) is 0 Å². The van der Waals surface area contributed by atoms with Crippen LogP contribution in [0.15, 0.2) is 24.3 Å². The molecule has 7 heteroatoms. The fourth-order valence-electron chi connectivity index (χ4n) is 3.46. The van der Waals surface area contributed by atoms with E-state index in [9.17, 15) is 14.4 Å². The maximum Gasteiger partial charge on any atom is 0.251 e. The number of amides is 3. The van der Waals surface area contributed by atoms with Gasteiger partial charge in [0.05, 0.1) is 6.54 Å². The standard InChI is InChI=1S/C18H24N4O3/c19-16(23)12-21-9-6-14(7-10-21)20-18(25)13-3-1-4-15(11-13)22-8-2-5-17(22)24/h1,3-4,11,14H,2,5-10,12H2,(H2,19,23)(H,20,25). The van der Waals surface area contributed by atoms with Crippen LogP contribution in [-0.4, -0.2) is 54.8 Å². The fraction of sp³-hybridized carbons (Fsp3) is 0.500. The van der Waals surface area contributed by atoms with Crippen molar-refractivity contribution in [3.8, 4) is 0 Å². The molecule has 3 amide bonds. The molecule has 0 aromatic heterocycles. The molecule has 0 atom stereocenters. The Morgan fingerprint density at radius 3 is 2.60 bits per heavy atom. The number of hydrogen-bond acceptors (Lipinski definition) is 4. The Bertz CT molecular complexity index is 668. The molecule has 0 saturated carbocycles. The quantitative estimate of drug-likeness (QED) is 0.813. The molecule has 25 heavy (non-hydrogen) atoms. The number of benzene rings is 1. The Morgan fingerprint density at radius 1 is 1.20 bits per heavy atom. The van der Waals surface area contributed by atoms with E-state index in [1.807, 2.05) is 17.0 Å². The number of rotatable bonds is 5. The summed E-state index contributed by atoms with van der Waals surface area (Å²) in [6.07, 6.45) is 3.02. The summed E-state index contributed by atoms with van der Waals surface area (Å²) >= 11 is 0. The molecule has 2 heterocycles. The summed E-state index contributed by atoms with van der Waals surface area (Å²) in [6, 6.07) is 7.31. The first kappa shape index (κ1) is 17.4. The molecule has 1 aromatic rings. The summed E-state index contributed by atoms with van der Waals surface area (Å²) < 4.78 is 0. The number of carbonyl (C=O) groups excluding carboxylic acids is 3. The molecule has 7 nitrogen and oxygen atoms in total. The predicted octanol–water partition coefficient (Wildman–Crippen LogP) is 0.493. The third-order valence-electron chi connectivity index (χ3n) is 4.80. The average molecular weight is 344 g/mol. The van der Waals surface area contributed by atoms with E-state index < -0.39 is 0 Å². The second-order valence-corrected chi connectivity index (χ2v) is 6.69. The van der Waals surface area contributed by atoms with Crippen molar-refractivity contribution in [2.24, 2.45) is 5.73 Å². The van der Waals surface area contributed by atoms with Crippen LogP contribution in [0.2, 0.25) is 0 Å². The largest absolute Gasteiger partial charge is 0.369 e. The lowest BCUT2D eigenvalue weighted by Gasteiger charge is -2.31. The molecule has 0 spiro atoms. The van der Waals surface area contributed by atoms with E-state index in [1.165, 1.54) is 0 Å². The fourth-order valence-corrected chi connectivity index (χ4v) is 3.46. The smallest absolute Gasteiger partial charge is 0.251 e. The van der Waals surface area contributed by atoms with Crippen molar-refractivity contribution in [2.75, 3.05) is 31.1 Å². The third kappa shape index (κ3) is 4.36. The highest BCUT2D eigenvalue weighted by molar-refractivity contribution is 5.99. The van der Waals surface area contributed by atoms with E-state index in [4.69, 9.17) is 5.73 Å². The number of nitrogens with zero attached hydrogens (tertiary/aromatic N) is 2. The zero-order valence-corrected chi connectivity index (χ0v) is 14.2. The first-order valence-corrected chi connectivity index (χ1v) is 8.75. The number of nitrogens with one attached hydrogen (secondary N) is 1. The maximum atomic E-state index is 12.5. The highest BCUT2D eigenvalue weighted by Gasteiger charge is 2.24. The first-order valence-electron chi connectivity index (χ1n) is 8.75. The van der Waals surface area contributed by atoms with Gasteiger partial charge in [-0.05, 0) is 37.5 Å². The molecule has 2 fully saturated rings. The Labute approximate surface area is 147 Å². The van der Waals surface area contributed by atoms with E-state index >= 15 is 0 Å². The molecule has 134 valence electrons. The van der Waals surface area contributed by atoms with Crippen LogP contribution in [0.25, 0.3) is 0 Å². The van der Waals surface area contributed by atoms with Crippen molar-refractivity contribution in [1.82, 2.24) is 10.2 Å². The number of nitrogens with two attached hydrogens (primary N) is 1. The van der Waals surface area contributed by atoms with Crippen molar-refractivity contribution < 1.29 is 14.4 Å². The highest BCUT2D eigenvalue weighted by atomic mass is 16.2. The van der Waals surface area contributed by atoms with Gasteiger partial charge in [-0.25, -0.2) is 0 Å². The van der Waals surface area contributed by atoms with E-state index in [0.717, 1.165) is 38.0 Å².